The molecule has 0 bridgehead atoms. The molecule has 0 aliphatic carbocycles. The van der Waals surface area contributed by atoms with Crippen molar-refractivity contribution in [3.63, 3.8) is 0 Å². The van der Waals surface area contributed by atoms with Crippen LogP contribution in [0.3, 0.4) is 0 Å². The SMILES string of the molecule is COc1ccc(Cl)cc1NS(=O)(=O)N1CCCC(CN)C1. The van der Waals surface area contributed by atoms with Gasteiger partial charge in [0.25, 0.3) is 0 Å². The molecule has 1 aromatic carbocycles. The monoisotopic (exact) mass is 333 g/mol. The fourth-order valence-corrected chi connectivity index (χ4v) is 3.92. The van der Waals surface area contributed by atoms with Gasteiger partial charge in [-0.05, 0) is 43.5 Å². The topological polar surface area (TPSA) is 84.7 Å². The lowest BCUT2D eigenvalue weighted by Crippen LogP contribution is -2.44. The highest BCUT2D eigenvalue weighted by Gasteiger charge is 2.28. The fraction of sp³-hybridized carbons (Fsp3) is 0.538. The average Bonchev–Trinajstić information content (AvgIpc) is 2.47. The Balaban J connectivity index is 2.19. The minimum Gasteiger partial charge on any atom is -0.495 e. The van der Waals surface area contributed by atoms with Gasteiger partial charge in [-0.3, -0.25) is 4.72 Å². The summed E-state index contributed by atoms with van der Waals surface area (Å²) in [7, 11) is -2.16. The molecule has 1 unspecified atom stereocenters. The van der Waals surface area contributed by atoms with Gasteiger partial charge >= 0.3 is 10.2 Å². The van der Waals surface area contributed by atoms with Crippen LogP contribution in [0.15, 0.2) is 18.2 Å². The Bertz CT molecular complexity index is 594. The number of methoxy groups -OCH3 is 1. The molecule has 1 saturated heterocycles. The van der Waals surface area contributed by atoms with Crippen molar-refractivity contribution in [2.75, 3.05) is 31.5 Å². The normalized spacial score (nSPS) is 20.2. The maximum atomic E-state index is 12.5. The summed E-state index contributed by atoms with van der Waals surface area (Å²) in [5.41, 5.74) is 5.98. The molecule has 3 N–H and O–H groups in total. The largest absolute Gasteiger partial charge is 0.495 e. The Morgan fingerprint density at radius 2 is 2.29 bits per heavy atom. The van der Waals surface area contributed by atoms with E-state index in [1.54, 1.807) is 12.1 Å². The van der Waals surface area contributed by atoms with Crippen LogP contribution in [0, 0.1) is 5.92 Å². The van der Waals surface area contributed by atoms with E-state index >= 15 is 0 Å². The minimum atomic E-state index is -3.64. The Hall–Kier alpha value is -1.02. The van der Waals surface area contributed by atoms with Gasteiger partial charge in [0.2, 0.25) is 0 Å². The van der Waals surface area contributed by atoms with E-state index in [1.807, 2.05) is 0 Å². The number of piperidine rings is 1. The number of nitrogens with two attached hydrogens (primary N) is 1. The summed E-state index contributed by atoms with van der Waals surface area (Å²) < 4.78 is 34.1. The van der Waals surface area contributed by atoms with E-state index in [0.29, 0.717) is 36.1 Å². The second-order valence-electron chi connectivity index (χ2n) is 5.05. The first kappa shape index (κ1) is 16.4. The number of hydrogen-bond acceptors (Lipinski definition) is 4. The molecule has 8 heteroatoms. The first-order chi connectivity index (χ1) is 9.96. The van der Waals surface area contributed by atoms with Gasteiger partial charge in [0.05, 0.1) is 12.8 Å². The van der Waals surface area contributed by atoms with Crippen LogP contribution in [0.5, 0.6) is 5.75 Å². The van der Waals surface area contributed by atoms with Crippen LogP contribution < -0.4 is 15.2 Å². The maximum absolute atomic E-state index is 12.5. The van der Waals surface area contributed by atoms with Gasteiger partial charge in [-0.25, -0.2) is 0 Å². The number of hydrogen-bond donors (Lipinski definition) is 2. The molecule has 0 spiro atoms. The lowest BCUT2D eigenvalue weighted by molar-refractivity contribution is 0.272. The standard InChI is InChI=1S/C13H20ClN3O3S/c1-20-13-5-4-11(14)7-12(13)16-21(18,19)17-6-2-3-10(8-15)9-17/h4-5,7,10,16H,2-3,6,8-9,15H2,1H3. The second-order valence-corrected chi connectivity index (χ2v) is 7.16. The van der Waals surface area contributed by atoms with Gasteiger partial charge in [-0.15, -0.1) is 0 Å². The van der Waals surface area contributed by atoms with Gasteiger partial charge in [0.1, 0.15) is 5.75 Å². The van der Waals surface area contributed by atoms with Crippen molar-refractivity contribution in [3.05, 3.63) is 23.2 Å². The molecule has 1 fully saturated rings. The number of benzene rings is 1. The molecular formula is C13H20ClN3O3S. The van der Waals surface area contributed by atoms with Crippen molar-refractivity contribution in [2.24, 2.45) is 11.7 Å². The summed E-state index contributed by atoms with van der Waals surface area (Å²) in [6.45, 7) is 1.43. The molecule has 1 aliphatic rings. The van der Waals surface area contributed by atoms with Crippen molar-refractivity contribution in [1.29, 1.82) is 0 Å². The Labute approximate surface area is 130 Å². The van der Waals surface area contributed by atoms with E-state index in [2.05, 4.69) is 4.72 Å². The molecule has 118 valence electrons. The fourth-order valence-electron chi connectivity index (χ4n) is 2.40. The van der Waals surface area contributed by atoms with Crippen LogP contribution in [0.25, 0.3) is 0 Å². The average molecular weight is 334 g/mol. The summed E-state index contributed by atoms with van der Waals surface area (Å²) in [5.74, 6) is 0.631. The number of nitrogens with one attached hydrogen (secondary N) is 1. The van der Waals surface area contributed by atoms with Gasteiger partial charge < -0.3 is 10.5 Å². The van der Waals surface area contributed by atoms with Crippen molar-refractivity contribution in [1.82, 2.24) is 4.31 Å². The van der Waals surface area contributed by atoms with Crippen LogP contribution in [-0.4, -0.2) is 39.5 Å². The maximum Gasteiger partial charge on any atom is 0.301 e. The predicted molar refractivity (Wildman–Crippen MR) is 83.9 cm³/mol. The molecular weight excluding hydrogens is 314 g/mol. The summed E-state index contributed by atoms with van der Waals surface area (Å²) in [5, 5.41) is 0.437. The first-order valence-electron chi connectivity index (χ1n) is 6.77. The lowest BCUT2D eigenvalue weighted by atomic mass is 10.0. The molecule has 6 nitrogen and oxygen atoms in total. The molecule has 1 aliphatic heterocycles. The number of ether oxygens (including phenoxy) is 1. The quantitative estimate of drug-likeness (QED) is 0.858. The van der Waals surface area contributed by atoms with Gasteiger partial charge in [0.15, 0.2) is 0 Å². The van der Waals surface area contributed by atoms with Gasteiger partial charge in [-0.1, -0.05) is 11.6 Å². The van der Waals surface area contributed by atoms with E-state index in [-0.39, 0.29) is 5.92 Å². The van der Waals surface area contributed by atoms with Crippen LogP contribution in [-0.2, 0) is 10.2 Å². The van der Waals surface area contributed by atoms with E-state index in [1.165, 1.54) is 17.5 Å². The molecule has 0 radical (unpaired) electrons. The minimum absolute atomic E-state index is 0.205. The van der Waals surface area contributed by atoms with Crippen LogP contribution >= 0.6 is 11.6 Å². The predicted octanol–water partition coefficient (Wildman–Crippen LogP) is 1.68. The van der Waals surface area contributed by atoms with E-state index in [0.717, 1.165) is 12.8 Å². The Morgan fingerprint density at radius 1 is 1.52 bits per heavy atom. The molecule has 21 heavy (non-hydrogen) atoms. The Kier molecular flexibility index (Phi) is 5.32. The molecule has 1 atom stereocenters. The molecule has 2 rings (SSSR count). The third kappa shape index (κ3) is 4.00. The molecule has 0 saturated carbocycles. The third-order valence-corrected chi connectivity index (χ3v) is 5.28. The third-order valence-electron chi connectivity index (χ3n) is 3.56. The van der Waals surface area contributed by atoms with E-state index in [4.69, 9.17) is 22.1 Å². The summed E-state index contributed by atoms with van der Waals surface area (Å²) in [4.78, 5) is 0. The molecule has 0 aromatic heterocycles. The number of nitrogens with zero attached hydrogens (tertiary/aromatic N) is 1. The highest BCUT2D eigenvalue weighted by Crippen LogP contribution is 2.29. The van der Waals surface area contributed by atoms with Gasteiger partial charge in [-0.2, -0.15) is 12.7 Å². The first-order valence-corrected chi connectivity index (χ1v) is 8.59. The summed E-state index contributed by atoms with van der Waals surface area (Å²) in [6.07, 6.45) is 1.78. The summed E-state index contributed by atoms with van der Waals surface area (Å²) in [6, 6.07) is 4.80. The zero-order valence-corrected chi connectivity index (χ0v) is 13.5. The number of halogens is 1. The number of anilines is 1. The lowest BCUT2D eigenvalue weighted by Gasteiger charge is -2.31. The summed E-state index contributed by atoms with van der Waals surface area (Å²) >= 11 is 5.91. The Morgan fingerprint density at radius 3 is 2.95 bits per heavy atom. The van der Waals surface area contributed by atoms with E-state index < -0.39 is 10.2 Å². The zero-order valence-electron chi connectivity index (χ0n) is 11.9. The number of rotatable bonds is 5. The molecule has 1 aromatic rings. The molecule has 1 heterocycles. The van der Waals surface area contributed by atoms with Crippen molar-refractivity contribution in [3.8, 4) is 5.75 Å². The van der Waals surface area contributed by atoms with E-state index in [9.17, 15) is 8.42 Å². The van der Waals surface area contributed by atoms with Crippen LogP contribution in [0.1, 0.15) is 12.8 Å². The second kappa shape index (κ2) is 6.83. The van der Waals surface area contributed by atoms with Crippen molar-refractivity contribution >= 4 is 27.5 Å². The van der Waals surface area contributed by atoms with Crippen molar-refractivity contribution < 1.29 is 13.2 Å². The molecule has 0 amide bonds. The smallest absolute Gasteiger partial charge is 0.301 e. The van der Waals surface area contributed by atoms with Gasteiger partial charge in [0, 0.05) is 18.1 Å². The highest BCUT2D eigenvalue weighted by atomic mass is 35.5. The van der Waals surface area contributed by atoms with Crippen molar-refractivity contribution in [2.45, 2.75) is 12.8 Å². The zero-order chi connectivity index (χ0) is 15.5. The van der Waals surface area contributed by atoms with Crippen LogP contribution in [0.4, 0.5) is 5.69 Å². The highest BCUT2D eigenvalue weighted by molar-refractivity contribution is 7.90. The van der Waals surface area contributed by atoms with Crippen LogP contribution in [0.2, 0.25) is 5.02 Å².